The van der Waals surface area contributed by atoms with Crippen molar-refractivity contribution >= 4 is 11.8 Å². The highest BCUT2D eigenvalue weighted by atomic mass is 16.2. The van der Waals surface area contributed by atoms with Crippen LogP contribution in [0.15, 0.2) is 30.3 Å². The first kappa shape index (κ1) is 17.5. The molecule has 0 saturated carbocycles. The molecule has 1 fully saturated rings. The average Bonchev–Trinajstić information content (AvgIpc) is 2.56. The topological polar surface area (TPSA) is 70.2 Å². The Morgan fingerprint density at radius 2 is 1.91 bits per heavy atom. The van der Waals surface area contributed by atoms with E-state index in [0.717, 1.165) is 37.9 Å². The smallest absolute Gasteiger partial charge is 0.242 e. The van der Waals surface area contributed by atoms with Crippen LogP contribution in [0, 0.1) is 0 Å². The molecule has 5 nitrogen and oxygen atoms in total. The van der Waals surface area contributed by atoms with Gasteiger partial charge in [0, 0.05) is 6.04 Å². The normalized spacial score (nSPS) is 16.6. The average molecular weight is 317 g/mol. The van der Waals surface area contributed by atoms with E-state index in [1.165, 1.54) is 0 Å². The van der Waals surface area contributed by atoms with Crippen molar-refractivity contribution in [3.05, 3.63) is 35.9 Å². The number of piperidine rings is 1. The fraction of sp³-hybridized carbons (Fsp3) is 0.556. The summed E-state index contributed by atoms with van der Waals surface area (Å²) in [5.41, 5.74) is 0.957. The summed E-state index contributed by atoms with van der Waals surface area (Å²) < 4.78 is 0. The summed E-state index contributed by atoms with van der Waals surface area (Å²) in [5.74, 6) is -0.157. The van der Waals surface area contributed by atoms with Crippen LogP contribution in [0.1, 0.15) is 38.2 Å². The zero-order valence-corrected chi connectivity index (χ0v) is 13.8. The molecule has 1 aromatic rings. The third kappa shape index (κ3) is 6.02. The van der Waals surface area contributed by atoms with Gasteiger partial charge in [-0.3, -0.25) is 9.59 Å². The van der Waals surface area contributed by atoms with E-state index in [1.807, 2.05) is 37.3 Å². The number of rotatable bonds is 7. The number of benzene rings is 1. The predicted octanol–water partition coefficient (Wildman–Crippen LogP) is 1.38. The van der Waals surface area contributed by atoms with Gasteiger partial charge in [0.1, 0.15) is 6.04 Å². The van der Waals surface area contributed by atoms with Gasteiger partial charge in [0.05, 0.1) is 6.42 Å². The molecule has 0 aliphatic carbocycles. The molecule has 5 heteroatoms. The standard InChI is InChI=1S/C18H27N3O2/c1-2-6-16(18(23)20-15-9-11-19-12-10-15)21-17(22)13-14-7-4-3-5-8-14/h3-5,7-8,15-16,19H,2,6,9-13H2,1H3,(H,20,23)(H,21,22). The zero-order valence-electron chi connectivity index (χ0n) is 13.8. The fourth-order valence-corrected chi connectivity index (χ4v) is 2.85. The van der Waals surface area contributed by atoms with Crippen molar-refractivity contribution in [3.63, 3.8) is 0 Å². The molecule has 1 atom stereocenters. The van der Waals surface area contributed by atoms with Crippen molar-refractivity contribution in [3.8, 4) is 0 Å². The summed E-state index contributed by atoms with van der Waals surface area (Å²) in [6.45, 7) is 3.89. The second-order valence-electron chi connectivity index (χ2n) is 6.10. The van der Waals surface area contributed by atoms with Crippen LogP contribution in [-0.2, 0) is 16.0 Å². The van der Waals surface area contributed by atoms with E-state index < -0.39 is 6.04 Å². The van der Waals surface area contributed by atoms with Gasteiger partial charge < -0.3 is 16.0 Å². The summed E-state index contributed by atoms with van der Waals surface area (Å²) in [6, 6.07) is 9.37. The summed E-state index contributed by atoms with van der Waals surface area (Å²) in [4.78, 5) is 24.6. The van der Waals surface area contributed by atoms with Gasteiger partial charge in [-0.1, -0.05) is 43.7 Å². The van der Waals surface area contributed by atoms with Crippen LogP contribution in [0.5, 0.6) is 0 Å². The molecule has 0 bridgehead atoms. The third-order valence-corrected chi connectivity index (χ3v) is 4.12. The van der Waals surface area contributed by atoms with E-state index in [2.05, 4.69) is 16.0 Å². The molecule has 1 aliphatic heterocycles. The van der Waals surface area contributed by atoms with Gasteiger partial charge in [-0.25, -0.2) is 0 Å². The van der Waals surface area contributed by atoms with Crippen molar-refractivity contribution in [1.82, 2.24) is 16.0 Å². The lowest BCUT2D eigenvalue weighted by molar-refractivity contribution is -0.129. The van der Waals surface area contributed by atoms with Crippen LogP contribution < -0.4 is 16.0 Å². The minimum Gasteiger partial charge on any atom is -0.351 e. The lowest BCUT2D eigenvalue weighted by Crippen LogP contribution is -2.51. The van der Waals surface area contributed by atoms with Gasteiger partial charge in [-0.15, -0.1) is 0 Å². The summed E-state index contributed by atoms with van der Waals surface area (Å²) in [7, 11) is 0. The first-order valence-electron chi connectivity index (χ1n) is 8.53. The second kappa shape index (κ2) is 9.30. The molecule has 1 saturated heterocycles. The highest BCUT2D eigenvalue weighted by Gasteiger charge is 2.23. The maximum absolute atomic E-state index is 12.4. The predicted molar refractivity (Wildman–Crippen MR) is 91.0 cm³/mol. The molecule has 0 aromatic heterocycles. The summed E-state index contributed by atoms with van der Waals surface area (Å²) in [6.07, 6.45) is 3.72. The number of nitrogens with one attached hydrogen (secondary N) is 3. The number of amides is 2. The van der Waals surface area contributed by atoms with Crippen LogP contribution >= 0.6 is 0 Å². The second-order valence-corrected chi connectivity index (χ2v) is 6.10. The molecular weight excluding hydrogens is 290 g/mol. The van der Waals surface area contributed by atoms with Gasteiger partial charge in [0.25, 0.3) is 0 Å². The van der Waals surface area contributed by atoms with E-state index in [4.69, 9.17) is 0 Å². The number of hydrogen-bond acceptors (Lipinski definition) is 3. The van der Waals surface area contributed by atoms with E-state index in [0.29, 0.717) is 12.8 Å². The molecular formula is C18H27N3O2. The lowest BCUT2D eigenvalue weighted by atomic mass is 10.0. The Hall–Kier alpha value is -1.88. The maximum Gasteiger partial charge on any atom is 0.242 e. The van der Waals surface area contributed by atoms with Gasteiger partial charge >= 0.3 is 0 Å². The highest BCUT2D eigenvalue weighted by molar-refractivity contribution is 5.88. The molecule has 2 amide bonds. The minimum atomic E-state index is -0.439. The largest absolute Gasteiger partial charge is 0.351 e. The Kier molecular flexibility index (Phi) is 7.07. The summed E-state index contributed by atoms with van der Waals surface area (Å²) in [5, 5.41) is 9.25. The number of carbonyl (C=O) groups is 2. The molecule has 3 N–H and O–H groups in total. The molecule has 126 valence electrons. The van der Waals surface area contributed by atoms with Crippen molar-refractivity contribution in [2.24, 2.45) is 0 Å². The van der Waals surface area contributed by atoms with Crippen LogP contribution in [0.2, 0.25) is 0 Å². The number of carbonyl (C=O) groups excluding carboxylic acids is 2. The molecule has 2 rings (SSSR count). The Labute approximate surface area is 138 Å². The Morgan fingerprint density at radius 1 is 1.22 bits per heavy atom. The van der Waals surface area contributed by atoms with E-state index >= 15 is 0 Å². The maximum atomic E-state index is 12.4. The fourth-order valence-electron chi connectivity index (χ4n) is 2.85. The molecule has 0 spiro atoms. The molecule has 1 unspecified atom stereocenters. The Morgan fingerprint density at radius 3 is 2.57 bits per heavy atom. The zero-order chi connectivity index (χ0) is 16.5. The van der Waals surface area contributed by atoms with Crippen LogP contribution in [-0.4, -0.2) is 37.0 Å². The van der Waals surface area contributed by atoms with Crippen LogP contribution in [0.25, 0.3) is 0 Å². The first-order chi connectivity index (χ1) is 11.2. The summed E-state index contributed by atoms with van der Waals surface area (Å²) >= 11 is 0. The molecule has 23 heavy (non-hydrogen) atoms. The van der Waals surface area contributed by atoms with Crippen molar-refractivity contribution in [2.75, 3.05) is 13.1 Å². The molecule has 1 aromatic carbocycles. The van der Waals surface area contributed by atoms with Gasteiger partial charge in [0.2, 0.25) is 11.8 Å². The molecule has 0 radical (unpaired) electrons. The lowest BCUT2D eigenvalue weighted by Gasteiger charge is -2.26. The highest BCUT2D eigenvalue weighted by Crippen LogP contribution is 2.05. The molecule has 1 heterocycles. The van der Waals surface area contributed by atoms with Crippen LogP contribution in [0.4, 0.5) is 0 Å². The van der Waals surface area contributed by atoms with E-state index in [1.54, 1.807) is 0 Å². The third-order valence-electron chi connectivity index (χ3n) is 4.12. The molecule has 1 aliphatic rings. The van der Waals surface area contributed by atoms with Crippen LogP contribution in [0.3, 0.4) is 0 Å². The minimum absolute atomic E-state index is 0.0554. The first-order valence-corrected chi connectivity index (χ1v) is 8.53. The Balaban J connectivity index is 1.86. The van der Waals surface area contributed by atoms with Gasteiger partial charge in [0.15, 0.2) is 0 Å². The van der Waals surface area contributed by atoms with Gasteiger partial charge in [-0.05, 0) is 37.9 Å². The number of hydrogen-bond donors (Lipinski definition) is 3. The van der Waals surface area contributed by atoms with Gasteiger partial charge in [-0.2, -0.15) is 0 Å². The SMILES string of the molecule is CCCC(NC(=O)Cc1ccccc1)C(=O)NC1CCNCC1. The Bertz CT molecular complexity index is 498. The van der Waals surface area contributed by atoms with Crippen molar-refractivity contribution in [2.45, 2.75) is 51.1 Å². The van der Waals surface area contributed by atoms with E-state index in [9.17, 15) is 9.59 Å². The quantitative estimate of drug-likeness (QED) is 0.711. The van der Waals surface area contributed by atoms with Crippen molar-refractivity contribution < 1.29 is 9.59 Å². The van der Waals surface area contributed by atoms with E-state index in [-0.39, 0.29) is 17.9 Å². The van der Waals surface area contributed by atoms with Crippen molar-refractivity contribution in [1.29, 1.82) is 0 Å². The monoisotopic (exact) mass is 317 g/mol.